The summed E-state index contributed by atoms with van der Waals surface area (Å²) in [4.78, 5) is 12.2. The molecule has 1 atom stereocenters. The van der Waals surface area contributed by atoms with Crippen LogP contribution in [0.25, 0.3) is 0 Å². The molecule has 1 N–H and O–H groups in total. The molecule has 0 fully saturated rings. The zero-order valence-electron chi connectivity index (χ0n) is 10.5. The molecule has 0 amide bonds. The zero-order valence-corrected chi connectivity index (χ0v) is 10.5. The van der Waals surface area contributed by atoms with Crippen molar-refractivity contribution in [3.8, 4) is 0 Å². The number of aromatic nitrogens is 2. The van der Waals surface area contributed by atoms with Gasteiger partial charge in [0.05, 0.1) is 6.42 Å². The van der Waals surface area contributed by atoms with E-state index in [0.29, 0.717) is 6.54 Å². The van der Waals surface area contributed by atoms with Gasteiger partial charge >= 0.3 is 12.1 Å². The Balaban J connectivity index is 2.91. The second-order valence-electron chi connectivity index (χ2n) is 4.01. The lowest BCUT2D eigenvalue weighted by molar-refractivity contribution is -0.141. The summed E-state index contributed by atoms with van der Waals surface area (Å²) in [5.74, 6) is -0.755. The van der Waals surface area contributed by atoms with Crippen LogP contribution < -0.4 is 4.90 Å². The van der Waals surface area contributed by atoms with Crippen molar-refractivity contribution in [2.45, 2.75) is 32.5 Å². The van der Waals surface area contributed by atoms with E-state index in [0.717, 1.165) is 6.07 Å². The molecule has 1 aromatic rings. The second-order valence-corrected chi connectivity index (χ2v) is 4.01. The minimum Gasteiger partial charge on any atom is -0.481 e. The van der Waals surface area contributed by atoms with Crippen molar-refractivity contribution in [2.24, 2.45) is 0 Å². The molecule has 5 nitrogen and oxygen atoms in total. The number of aliphatic carboxylic acids is 1. The lowest BCUT2D eigenvalue weighted by Crippen LogP contribution is -2.35. The molecule has 0 bridgehead atoms. The third kappa shape index (κ3) is 4.08. The predicted octanol–water partition coefficient (Wildman–Crippen LogP) is 2.18. The van der Waals surface area contributed by atoms with Crippen molar-refractivity contribution in [1.82, 2.24) is 10.2 Å². The van der Waals surface area contributed by atoms with Crippen LogP contribution in [-0.4, -0.2) is 33.9 Å². The highest BCUT2D eigenvalue weighted by atomic mass is 19.4. The summed E-state index contributed by atoms with van der Waals surface area (Å²) >= 11 is 0. The largest absolute Gasteiger partial charge is 0.481 e. The quantitative estimate of drug-likeness (QED) is 0.893. The molecule has 0 aliphatic heterocycles. The van der Waals surface area contributed by atoms with Crippen molar-refractivity contribution >= 4 is 11.8 Å². The van der Waals surface area contributed by atoms with Crippen molar-refractivity contribution in [3.63, 3.8) is 0 Å². The van der Waals surface area contributed by atoms with E-state index in [-0.39, 0.29) is 18.3 Å². The smallest absolute Gasteiger partial charge is 0.435 e. The number of rotatable bonds is 5. The van der Waals surface area contributed by atoms with Crippen molar-refractivity contribution in [2.75, 3.05) is 11.4 Å². The van der Waals surface area contributed by atoms with Gasteiger partial charge < -0.3 is 10.0 Å². The normalized spacial score (nSPS) is 13.1. The fourth-order valence-electron chi connectivity index (χ4n) is 1.69. The van der Waals surface area contributed by atoms with Crippen LogP contribution in [0.4, 0.5) is 19.0 Å². The van der Waals surface area contributed by atoms with E-state index in [1.807, 2.05) is 0 Å². The third-order valence-corrected chi connectivity index (χ3v) is 2.58. The number of anilines is 1. The molecule has 0 radical (unpaired) electrons. The number of carboxylic acid groups (broad SMARTS) is 1. The van der Waals surface area contributed by atoms with Crippen molar-refractivity contribution in [3.05, 3.63) is 17.8 Å². The van der Waals surface area contributed by atoms with E-state index < -0.39 is 17.8 Å². The number of nitrogens with zero attached hydrogens (tertiary/aromatic N) is 3. The minimum atomic E-state index is -4.53. The first-order valence-electron chi connectivity index (χ1n) is 5.65. The van der Waals surface area contributed by atoms with Gasteiger partial charge in [0.2, 0.25) is 0 Å². The molecular weight excluding hydrogens is 263 g/mol. The van der Waals surface area contributed by atoms with Crippen molar-refractivity contribution < 1.29 is 23.1 Å². The van der Waals surface area contributed by atoms with E-state index >= 15 is 0 Å². The minimum absolute atomic E-state index is 0.128. The molecule has 1 unspecified atom stereocenters. The molecule has 0 aliphatic rings. The number of carbonyl (C=O) groups is 1. The van der Waals surface area contributed by atoms with Crippen molar-refractivity contribution in [1.29, 1.82) is 0 Å². The van der Waals surface area contributed by atoms with E-state index in [2.05, 4.69) is 10.2 Å². The standard InChI is InChI=1S/C11H14F3N3O2/c1-3-17(7(2)6-10(18)19)9-5-4-8(15-16-9)11(12,13)14/h4-5,7H,3,6H2,1-2H3,(H,18,19). The highest BCUT2D eigenvalue weighted by molar-refractivity contribution is 5.68. The Bertz CT molecular complexity index is 434. The van der Waals surface area contributed by atoms with Crippen LogP contribution in [0.1, 0.15) is 26.0 Å². The number of alkyl halides is 3. The molecule has 1 aromatic heterocycles. The lowest BCUT2D eigenvalue weighted by atomic mass is 10.2. The maximum atomic E-state index is 12.3. The third-order valence-electron chi connectivity index (χ3n) is 2.58. The topological polar surface area (TPSA) is 66.3 Å². The van der Waals surface area contributed by atoms with E-state index in [9.17, 15) is 18.0 Å². The maximum absolute atomic E-state index is 12.3. The first-order valence-corrected chi connectivity index (χ1v) is 5.65. The number of halogens is 3. The molecule has 0 aliphatic carbocycles. The summed E-state index contributed by atoms with van der Waals surface area (Å²) in [6.45, 7) is 3.85. The average Bonchev–Trinajstić information content (AvgIpc) is 2.28. The first-order chi connectivity index (χ1) is 8.75. The van der Waals surface area contributed by atoms with Crippen LogP contribution in [0.5, 0.6) is 0 Å². The van der Waals surface area contributed by atoms with Gasteiger partial charge in [-0.2, -0.15) is 13.2 Å². The summed E-state index contributed by atoms with van der Waals surface area (Å²) in [6.07, 6.45) is -4.66. The summed E-state index contributed by atoms with van der Waals surface area (Å²) in [5, 5.41) is 15.3. The van der Waals surface area contributed by atoms with Gasteiger partial charge in [0.1, 0.15) is 0 Å². The lowest BCUT2D eigenvalue weighted by Gasteiger charge is -2.27. The highest BCUT2D eigenvalue weighted by Gasteiger charge is 2.33. The molecule has 1 rings (SSSR count). The molecule has 0 aromatic carbocycles. The van der Waals surface area contributed by atoms with Gasteiger partial charge in [0.15, 0.2) is 11.5 Å². The van der Waals surface area contributed by atoms with Gasteiger partial charge in [-0.15, -0.1) is 10.2 Å². The number of hydrogen-bond donors (Lipinski definition) is 1. The molecule has 1 heterocycles. The van der Waals surface area contributed by atoms with Crippen LogP contribution in [0, 0.1) is 0 Å². The zero-order chi connectivity index (χ0) is 14.6. The summed E-state index contributed by atoms with van der Waals surface area (Å²) < 4.78 is 37.0. The Morgan fingerprint density at radius 2 is 2.05 bits per heavy atom. The molecule has 8 heteroatoms. The Morgan fingerprint density at radius 3 is 2.42 bits per heavy atom. The fraction of sp³-hybridized carbons (Fsp3) is 0.545. The molecule has 0 spiro atoms. The van der Waals surface area contributed by atoms with Gasteiger partial charge in [0, 0.05) is 12.6 Å². The van der Waals surface area contributed by atoms with Gasteiger partial charge in [0.25, 0.3) is 0 Å². The summed E-state index contributed by atoms with van der Waals surface area (Å²) in [6, 6.07) is 1.64. The molecular formula is C11H14F3N3O2. The van der Waals surface area contributed by atoms with E-state index in [4.69, 9.17) is 5.11 Å². The Kier molecular flexibility index (Phi) is 4.68. The van der Waals surface area contributed by atoms with Gasteiger partial charge in [-0.05, 0) is 26.0 Å². The Hall–Kier alpha value is -1.86. The van der Waals surface area contributed by atoms with Gasteiger partial charge in [-0.1, -0.05) is 0 Å². The highest BCUT2D eigenvalue weighted by Crippen LogP contribution is 2.27. The Labute approximate surface area is 108 Å². The monoisotopic (exact) mass is 277 g/mol. The van der Waals surface area contributed by atoms with E-state index in [1.165, 1.54) is 6.07 Å². The molecule has 0 saturated heterocycles. The van der Waals surface area contributed by atoms with Gasteiger partial charge in [-0.3, -0.25) is 4.79 Å². The first kappa shape index (κ1) is 15.2. The summed E-state index contributed by atoms with van der Waals surface area (Å²) in [5.41, 5.74) is -1.07. The average molecular weight is 277 g/mol. The number of hydrogen-bond acceptors (Lipinski definition) is 4. The predicted molar refractivity (Wildman–Crippen MR) is 61.8 cm³/mol. The second kappa shape index (κ2) is 5.85. The molecule has 106 valence electrons. The summed E-state index contributed by atoms with van der Waals surface area (Å²) in [7, 11) is 0. The maximum Gasteiger partial charge on any atom is 0.435 e. The van der Waals surface area contributed by atoms with Crippen LogP contribution in [0.2, 0.25) is 0 Å². The Morgan fingerprint density at radius 1 is 1.42 bits per heavy atom. The van der Waals surface area contributed by atoms with Crippen LogP contribution in [0.15, 0.2) is 12.1 Å². The van der Waals surface area contributed by atoms with Crippen LogP contribution in [-0.2, 0) is 11.0 Å². The van der Waals surface area contributed by atoms with Crippen LogP contribution >= 0.6 is 0 Å². The number of carboxylic acids is 1. The SMILES string of the molecule is CCN(c1ccc(C(F)(F)F)nn1)C(C)CC(=O)O. The van der Waals surface area contributed by atoms with Crippen LogP contribution in [0.3, 0.4) is 0 Å². The van der Waals surface area contributed by atoms with E-state index in [1.54, 1.807) is 18.7 Å². The van der Waals surface area contributed by atoms with Gasteiger partial charge in [-0.25, -0.2) is 0 Å². The fourth-order valence-corrected chi connectivity index (χ4v) is 1.69. The molecule has 19 heavy (non-hydrogen) atoms. The molecule has 0 saturated carbocycles.